The van der Waals surface area contributed by atoms with Gasteiger partial charge in [-0.25, -0.2) is 14.2 Å². The van der Waals surface area contributed by atoms with Gasteiger partial charge in [0.25, 0.3) is 0 Å². The van der Waals surface area contributed by atoms with Crippen molar-refractivity contribution in [3.8, 4) is 6.01 Å². The molecule has 0 atom stereocenters. The summed E-state index contributed by atoms with van der Waals surface area (Å²) in [5.74, 6) is 0.672. The Balaban J connectivity index is 2.22. The van der Waals surface area contributed by atoms with E-state index in [0.717, 1.165) is 22.2 Å². The Hall–Kier alpha value is -2.72. The zero-order chi connectivity index (χ0) is 21.1. The summed E-state index contributed by atoms with van der Waals surface area (Å²) in [6.07, 6.45) is 0. The van der Waals surface area contributed by atoms with Crippen LogP contribution in [0, 0.1) is 0 Å². The van der Waals surface area contributed by atoms with Gasteiger partial charge in [0.15, 0.2) is 11.5 Å². The van der Waals surface area contributed by atoms with Gasteiger partial charge in [-0.1, -0.05) is 30.7 Å². The first-order valence-corrected chi connectivity index (χ1v) is 10.2. The minimum Gasteiger partial charge on any atom is -0.389 e. The average Bonchev–Trinajstić information content (AvgIpc) is 2.99. The van der Waals surface area contributed by atoms with Crippen molar-refractivity contribution in [3.05, 3.63) is 45.3 Å². The molecule has 0 aliphatic carbocycles. The SMILES string of the molecule is CCSOc1nc(N)c2c(n1)n(Cc1ccc(Cl)cc1)c(=O)n2C(=O)N(C)CC. The molecule has 1 amide bonds. The number of aromatic nitrogens is 4. The van der Waals surface area contributed by atoms with Crippen LogP contribution in [-0.2, 0) is 6.54 Å². The maximum atomic E-state index is 13.2. The zero-order valence-electron chi connectivity index (χ0n) is 16.3. The highest BCUT2D eigenvalue weighted by Crippen LogP contribution is 2.23. The van der Waals surface area contributed by atoms with Crippen molar-refractivity contribution in [3.63, 3.8) is 0 Å². The minimum absolute atomic E-state index is 0.00786. The average molecular weight is 437 g/mol. The number of benzene rings is 1. The lowest BCUT2D eigenvalue weighted by atomic mass is 10.2. The molecule has 0 spiro atoms. The van der Waals surface area contributed by atoms with Crippen LogP contribution in [0.5, 0.6) is 6.01 Å². The van der Waals surface area contributed by atoms with Crippen molar-refractivity contribution in [2.24, 2.45) is 0 Å². The van der Waals surface area contributed by atoms with E-state index in [1.54, 1.807) is 31.3 Å². The third-order valence-electron chi connectivity index (χ3n) is 4.27. The summed E-state index contributed by atoms with van der Waals surface area (Å²) in [6.45, 7) is 4.33. The summed E-state index contributed by atoms with van der Waals surface area (Å²) in [4.78, 5) is 35.9. The number of nitrogens with zero attached hydrogens (tertiary/aromatic N) is 5. The quantitative estimate of drug-likeness (QED) is 0.592. The molecule has 3 rings (SSSR count). The molecule has 9 nitrogen and oxygen atoms in total. The van der Waals surface area contributed by atoms with Gasteiger partial charge in [-0.2, -0.15) is 9.97 Å². The first-order valence-electron chi connectivity index (χ1n) is 8.95. The van der Waals surface area contributed by atoms with Crippen LogP contribution in [0.2, 0.25) is 5.02 Å². The van der Waals surface area contributed by atoms with E-state index in [4.69, 9.17) is 21.5 Å². The van der Waals surface area contributed by atoms with Crippen LogP contribution < -0.4 is 15.6 Å². The van der Waals surface area contributed by atoms with Gasteiger partial charge in [-0.3, -0.25) is 4.57 Å². The van der Waals surface area contributed by atoms with Gasteiger partial charge in [0.1, 0.15) is 5.52 Å². The molecule has 2 N–H and O–H groups in total. The number of amides is 1. The first kappa shape index (κ1) is 21.0. The van der Waals surface area contributed by atoms with Crippen molar-refractivity contribution in [2.75, 3.05) is 25.1 Å². The number of carbonyl (C=O) groups is 1. The Bertz CT molecular complexity index is 1100. The minimum atomic E-state index is -0.554. The summed E-state index contributed by atoms with van der Waals surface area (Å²) >= 11 is 7.10. The normalized spacial score (nSPS) is 11.0. The molecule has 154 valence electrons. The molecular weight excluding hydrogens is 416 g/mol. The maximum Gasteiger partial charge on any atom is 0.339 e. The predicted octanol–water partition coefficient (Wildman–Crippen LogP) is 2.84. The zero-order valence-corrected chi connectivity index (χ0v) is 17.8. The van der Waals surface area contributed by atoms with Gasteiger partial charge in [-0.05, 0) is 24.6 Å². The summed E-state index contributed by atoms with van der Waals surface area (Å²) in [5, 5.41) is 0.585. The van der Waals surface area contributed by atoms with E-state index in [9.17, 15) is 9.59 Å². The summed E-state index contributed by atoms with van der Waals surface area (Å²) in [6, 6.07) is 6.57. The topological polar surface area (TPSA) is 108 Å². The molecule has 2 heterocycles. The number of nitrogens with two attached hydrogens (primary N) is 1. The van der Waals surface area contributed by atoms with Gasteiger partial charge < -0.3 is 14.8 Å². The highest BCUT2D eigenvalue weighted by atomic mass is 35.5. The number of halogens is 1. The van der Waals surface area contributed by atoms with Crippen LogP contribution in [0.1, 0.15) is 19.4 Å². The van der Waals surface area contributed by atoms with Gasteiger partial charge in [0, 0.05) is 24.4 Å². The predicted molar refractivity (Wildman–Crippen MR) is 115 cm³/mol. The molecule has 0 saturated carbocycles. The molecule has 0 fully saturated rings. The summed E-state index contributed by atoms with van der Waals surface area (Å²) < 4.78 is 7.80. The summed E-state index contributed by atoms with van der Waals surface area (Å²) in [7, 11) is 1.60. The number of carbonyl (C=O) groups excluding carboxylic acids is 1. The fourth-order valence-electron chi connectivity index (χ4n) is 2.70. The van der Waals surface area contributed by atoms with Gasteiger partial charge >= 0.3 is 17.7 Å². The number of hydrogen-bond acceptors (Lipinski definition) is 7. The molecule has 0 aliphatic heterocycles. The van der Waals surface area contributed by atoms with Crippen LogP contribution >= 0.6 is 23.6 Å². The smallest absolute Gasteiger partial charge is 0.339 e. The summed E-state index contributed by atoms with van der Waals surface area (Å²) in [5.41, 5.74) is 6.74. The van der Waals surface area contributed by atoms with Crippen LogP contribution in [0.3, 0.4) is 0 Å². The fourth-order valence-corrected chi connectivity index (χ4v) is 3.12. The molecule has 2 aromatic heterocycles. The Morgan fingerprint density at radius 2 is 1.97 bits per heavy atom. The highest BCUT2D eigenvalue weighted by molar-refractivity contribution is 7.94. The number of hydrogen-bond donors (Lipinski definition) is 1. The number of nitrogen functional groups attached to an aromatic ring is 1. The number of rotatable bonds is 6. The highest BCUT2D eigenvalue weighted by Gasteiger charge is 2.25. The second kappa shape index (κ2) is 8.75. The Morgan fingerprint density at radius 3 is 2.59 bits per heavy atom. The van der Waals surface area contributed by atoms with E-state index in [2.05, 4.69) is 9.97 Å². The third-order valence-corrected chi connectivity index (χ3v) is 5.03. The van der Waals surface area contributed by atoms with E-state index < -0.39 is 11.7 Å². The molecule has 1 aromatic carbocycles. The third kappa shape index (κ3) is 4.18. The number of anilines is 1. The lowest BCUT2D eigenvalue weighted by Crippen LogP contribution is -2.38. The Morgan fingerprint density at radius 1 is 1.28 bits per heavy atom. The van der Waals surface area contributed by atoms with Crippen LogP contribution in [-0.4, -0.2) is 49.4 Å². The molecule has 3 aromatic rings. The monoisotopic (exact) mass is 436 g/mol. The van der Waals surface area contributed by atoms with E-state index in [1.807, 2.05) is 13.8 Å². The van der Waals surface area contributed by atoms with Crippen LogP contribution in [0.15, 0.2) is 29.1 Å². The molecule has 0 unspecified atom stereocenters. The molecule has 0 bridgehead atoms. The van der Waals surface area contributed by atoms with E-state index >= 15 is 0 Å². The fraction of sp³-hybridized carbons (Fsp3) is 0.333. The maximum absolute atomic E-state index is 13.2. The standard InChI is InChI=1S/C18H21ClN6O3S/c1-4-23(3)17(26)25-13-14(20)21-16(28-29-5-2)22-15(13)24(18(25)27)10-11-6-8-12(19)9-7-11/h6-9H,4-5,10H2,1-3H3,(H2,20,21,22). The Labute approximate surface area is 176 Å². The van der Waals surface area contributed by atoms with Crippen molar-refractivity contribution < 1.29 is 8.98 Å². The largest absolute Gasteiger partial charge is 0.389 e. The number of imidazole rings is 1. The van der Waals surface area contributed by atoms with Gasteiger partial charge in [0.05, 0.1) is 18.6 Å². The van der Waals surface area contributed by atoms with Crippen LogP contribution in [0.25, 0.3) is 11.2 Å². The van der Waals surface area contributed by atoms with Crippen molar-refractivity contribution >= 4 is 46.7 Å². The molecular formula is C18H21ClN6O3S. The lowest BCUT2D eigenvalue weighted by molar-refractivity contribution is 0.212. The van der Waals surface area contributed by atoms with Crippen molar-refractivity contribution in [1.82, 2.24) is 24.0 Å². The molecule has 11 heteroatoms. The lowest BCUT2D eigenvalue weighted by Gasteiger charge is -2.14. The van der Waals surface area contributed by atoms with Crippen molar-refractivity contribution in [1.29, 1.82) is 0 Å². The van der Waals surface area contributed by atoms with E-state index in [-0.39, 0.29) is 29.5 Å². The second-order valence-electron chi connectivity index (χ2n) is 6.18. The van der Waals surface area contributed by atoms with Gasteiger partial charge in [-0.15, -0.1) is 0 Å². The van der Waals surface area contributed by atoms with E-state index in [1.165, 1.54) is 9.47 Å². The molecule has 29 heavy (non-hydrogen) atoms. The first-order chi connectivity index (χ1) is 13.9. The second-order valence-corrected chi connectivity index (χ2v) is 7.60. The molecule has 0 saturated heterocycles. The van der Waals surface area contributed by atoms with Crippen LogP contribution in [0.4, 0.5) is 10.6 Å². The van der Waals surface area contributed by atoms with Crippen molar-refractivity contribution in [2.45, 2.75) is 20.4 Å². The van der Waals surface area contributed by atoms with Gasteiger partial charge in [0.2, 0.25) is 0 Å². The van der Waals surface area contributed by atoms with E-state index in [0.29, 0.717) is 17.3 Å². The molecule has 0 aliphatic rings. The Kier molecular flexibility index (Phi) is 6.33. The number of fused-ring (bicyclic) bond motifs is 1. The molecule has 0 radical (unpaired) electrons.